The molecule has 0 heterocycles. The summed E-state index contributed by atoms with van der Waals surface area (Å²) in [4.78, 5) is 0. The Kier molecular flexibility index (Phi) is 2.08. The zero-order chi connectivity index (χ0) is 10.6. The average Bonchev–Trinajstić information content (AvgIpc) is 1.75. The first-order valence-corrected chi connectivity index (χ1v) is 6.24. The van der Waals surface area contributed by atoms with Crippen molar-refractivity contribution < 1.29 is 0 Å². The van der Waals surface area contributed by atoms with E-state index in [9.17, 15) is 0 Å². The van der Waals surface area contributed by atoms with Crippen molar-refractivity contribution in [3.8, 4) is 0 Å². The van der Waals surface area contributed by atoms with E-state index in [1.165, 1.54) is 12.8 Å². The second kappa shape index (κ2) is 2.77. The van der Waals surface area contributed by atoms with Crippen LogP contribution in [0.5, 0.6) is 0 Å². The summed E-state index contributed by atoms with van der Waals surface area (Å²) in [6, 6.07) is 0. The maximum Gasteiger partial charge on any atom is -0.0277 e. The van der Waals surface area contributed by atoms with Gasteiger partial charge in [-0.1, -0.05) is 34.6 Å². The Balaban J connectivity index is 1.83. The molecule has 0 heteroatoms. The Morgan fingerprint density at radius 2 is 1.50 bits per heavy atom. The minimum absolute atomic E-state index is 0.546. The molecule has 0 aromatic rings. The largest absolute Gasteiger partial charge is 0.0628 e. The Hall–Kier alpha value is 0. The Morgan fingerprint density at radius 3 is 1.86 bits per heavy atom. The van der Waals surface area contributed by atoms with Gasteiger partial charge in [0.05, 0.1) is 0 Å². The SMILES string of the molecule is CC(C)CC12CC(CC(C)(C)C)(C1)C2. The number of rotatable bonds is 3. The molecule has 0 aromatic carbocycles. The van der Waals surface area contributed by atoms with Crippen LogP contribution in [0, 0.1) is 22.2 Å². The van der Waals surface area contributed by atoms with Gasteiger partial charge in [-0.2, -0.15) is 0 Å². The van der Waals surface area contributed by atoms with Crippen LogP contribution >= 0.6 is 0 Å². The second-order valence-electron chi connectivity index (χ2n) is 7.87. The van der Waals surface area contributed by atoms with Crippen LogP contribution in [-0.4, -0.2) is 0 Å². The van der Waals surface area contributed by atoms with Crippen LogP contribution in [0.25, 0.3) is 0 Å². The van der Waals surface area contributed by atoms with Gasteiger partial charge in [-0.15, -0.1) is 0 Å². The van der Waals surface area contributed by atoms with E-state index in [0.29, 0.717) is 5.41 Å². The Morgan fingerprint density at radius 1 is 1.00 bits per heavy atom. The van der Waals surface area contributed by atoms with Gasteiger partial charge >= 0.3 is 0 Å². The van der Waals surface area contributed by atoms with Gasteiger partial charge in [0.1, 0.15) is 0 Å². The van der Waals surface area contributed by atoms with E-state index in [1.807, 2.05) is 0 Å². The Labute approximate surface area is 89.5 Å². The number of hydrogen-bond donors (Lipinski definition) is 0. The van der Waals surface area contributed by atoms with Gasteiger partial charge in [0.15, 0.2) is 0 Å². The molecule has 0 aromatic heterocycles. The molecule has 3 aliphatic rings. The molecule has 14 heavy (non-hydrogen) atoms. The fourth-order valence-electron chi connectivity index (χ4n) is 4.63. The topological polar surface area (TPSA) is 0 Å². The third-order valence-electron chi connectivity index (χ3n) is 4.00. The van der Waals surface area contributed by atoms with Crippen molar-refractivity contribution in [1.82, 2.24) is 0 Å². The molecule has 2 bridgehead atoms. The van der Waals surface area contributed by atoms with Gasteiger partial charge in [-0.05, 0) is 54.3 Å². The molecule has 82 valence electrons. The molecule has 0 N–H and O–H groups in total. The molecule has 3 aliphatic carbocycles. The van der Waals surface area contributed by atoms with E-state index in [2.05, 4.69) is 34.6 Å². The summed E-state index contributed by atoms with van der Waals surface area (Å²) in [5, 5.41) is 0. The summed E-state index contributed by atoms with van der Waals surface area (Å²) in [7, 11) is 0. The standard InChI is InChI=1S/C14H26/c1-11(2)6-13-8-14(9-13,10-13)7-12(3,4)5/h11H,6-10H2,1-5H3. The van der Waals surface area contributed by atoms with Crippen LogP contribution in [0.1, 0.15) is 66.7 Å². The minimum Gasteiger partial charge on any atom is -0.0628 e. The first kappa shape index (κ1) is 10.5. The van der Waals surface area contributed by atoms with Crippen molar-refractivity contribution in [1.29, 1.82) is 0 Å². The average molecular weight is 194 g/mol. The van der Waals surface area contributed by atoms with Crippen molar-refractivity contribution in [3.05, 3.63) is 0 Å². The van der Waals surface area contributed by atoms with Crippen molar-refractivity contribution in [2.45, 2.75) is 66.7 Å². The van der Waals surface area contributed by atoms with Crippen molar-refractivity contribution >= 4 is 0 Å². The zero-order valence-electron chi connectivity index (χ0n) is 10.6. The highest BCUT2D eigenvalue weighted by molar-refractivity contribution is 5.17. The molecule has 3 fully saturated rings. The zero-order valence-corrected chi connectivity index (χ0v) is 10.6. The minimum atomic E-state index is 0.546. The predicted molar refractivity (Wildman–Crippen MR) is 62.2 cm³/mol. The predicted octanol–water partition coefficient (Wildman–Crippen LogP) is 4.64. The molecular formula is C14H26. The quantitative estimate of drug-likeness (QED) is 0.614. The third kappa shape index (κ3) is 1.73. The highest BCUT2D eigenvalue weighted by Gasteiger charge is 2.67. The Bertz CT molecular complexity index is 209. The molecule has 0 amide bonds. The highest BCUT2D eigenvalue weighted by Crippen LogP contribution is 2.77. The van der Waals surface area contributed by atoms with Crippen molar-refractivity contribution in [3.63, 3.8) is 0 Å². The van der Waals surface area contributed by atoms with Crippen LogP contribution in [-0.2, 0) is 0 Å². The fraction of sp³-hybridized carbons (Fsp3) is 1.00. The summed E-state index contributed by atoms with van der Waals surface area (Å²) in [6.45, 7) is 11.9. The molecule has 0 aliphatic heterocycles. The fourth-order valence-corrected chi connectivity index (χ4v) is 4.63. The smallest absolute Gasteiger partial charge is 0.0277 e. The normalized spacial score (nSPS) is 40.7. The molecular weight excluding hydrogens is 168 g/mol. The monoisotopic (exact) mass is 194 g/mol. The summed E-state index contributed by atoms with van der Waals surface area (Å²) in [5.74, 6) is 0.905. The highest BCUT2D eigenvalue weighted by atomic mass is 14.7. The van der Waals surface area contributed by atoms with Crippen LogP contribution < -0.4 is 0 Å². The molecule has 0 nitrogen and oxygen atoms in total. The van der Waals surface area contributed by atoms with Crippen molar-refractivity contribution in [2.24, 2.45) is 22.2 Å². The second-order valence-corrected chi connectivity index (χ2v) is 7.87. The molecule has 3 rings (SSSR count). The summed E-state index contributed by atoms with van der Waals surface area (Å²) in [5.41, 5.74) is 2.16. The maximum absolute atomic E-state index is 2.39. The summed E-state index contributed by atoms with van der Waals surface area (Å²) < 4.78 is 0. The summed E-state index contributed by atoms with van der Waals surface area (Å²) >= 11 is 0. The van der Waals surface area contributed by atoms with E-state index in [1.54, 1.807) is 19.3 Å². The van der Waals surface area contributed by atoms with Gasteiger partial charge in [0.2, 0.25) is 0 Å². The van der Waals surface area contributed by atoms with Gasteiger partial charge in [-0.3, -0.25) is 0 Å². The third-order valence-corrected chi connectivity index (χ3v) is 4.00. The van der Waals surface area contributed by atoms with Crippen LogP contribution in [0.15, 0.2) is 0 Å². The molecule has 3 saturated carbocycles. The van der Waals surface area contributed by atoms with E-state index >= 15 is 0 Å². The molecule has 0 saturated heterocycles. The molecule has 0 radical (unpaired) electrons. The van der Waals surface area contributed by atoms with Crippen LogP contribution in [0.4, 0.5) is 0 Å². The lowest BCUT2D eigenvalue weighted by molar-refractivity contribution is -0.227. The number of hydrogen-bond acceptors (Lipinski definition) is 0. The lowest BCUT2D eigenvalue weighted by atomic mass is 9.32. The lowest BCUT2D eigenvalue weighted by Gasteiger charge is -2.73. The van der Waals surface area contributed by atoms with Gasteiger partial charge in [-0.25, -0.2) is 0 Å². The molecule has 0 spiro atoms. The lowest BCUT2D eigenvalue weighted by Crippen LogP contribution is -2.62. The maximum atomic E-state index is 2.39. The van der Waals surface area contributed by atoms with Gasteiger partial charge in [0, 0.05) is 0 Å². The van der Waals surface area contributed by atoms with E-state index < -0.39 is 0 Å². The first-order chi connectivity index (χ1) is 6.24. The van der Waals surface area contributed by atoms with E-state index in [-0.39, 0.29) is 0 Å². The van der Waals surface area contributed by atoms with Gasteiger partial charge < -0.3 is 0 Å². The summed E-state index contributed by atoms with van der Waals surface area (Å²) in [6.07, 6.45) is 7.60. The molecule has 0 unspecified atom stereocenters. The van der Waals surface area contributed by atoms with Crippen molar-refractivity contribution in [2.75, 3.05) is 0 Å². The van der Waals surface area contributed by atoms with Gasteiger partial charge in [0.25, 0.3) is 0 Å². The molecule has 0 atom stereocenters. The first-order valence-electron chi connectivity index (χ1n) is 6.24. The van der Waals surface area contributed by atoms with Crippen LogP contribution in [0.3, 0.4) is 0 Å². The van der Waals surface area contributed by atoms with Crippen LogP contribution in [0.2, 0.25) is 0 Å². The van der Waals surface area contributed by atoms with E-state index in [4.69, 9.17) is 0 Å². The van der Waals surface area contributed by atoms with E-state index in [0.717, 1.165) is 16.7 Å².